The van der Waals surface area contributed by atoms with E-state index in [9.17, 15) is 4.57 Å². The summed E-state index contributed by atoms with van der Waals surface area (Å²) in [5.41, 5.74) is 1.66. The zero-order valence-corrected chi connectivity index (χ0v) is 17.6. The molecule has 2 aromatic rings. The fraction of sp³-hybridized carbons (Fsp3) is 0.294. The van der Waals surface area contributed by atoms with E-state index in [1.807, 2.05) is 62.4 Å². The average Bonchev–Trinajstić information content (AvgIpc) is 2.55. The van der Waals surface area contributed by atoms with Crippen molar-refractivity contribution >= 4 is 45.1 Å². The third-order valence-corrected chi connectivity index (χ3v) is 6.81. The first-order chi connectivity index (χ1) is 11.5. The van der Waals surface area contributed by atoms with E-state index in [-0.39, 0.29) is 0 Å². The minimum Gasteiger partial charge on any atom is -0.368 e. The second-order valence-corrected chi connectivity index (χ2v) is 8.83. The van der Waals surface area contributed by atoms with Gasteiger partial charge in [-0.2, -0.15) is 0 Å². The van der Waals surface area contributed by atoms with Crippen molar-refractivity contribution in [3.05, 3.63) is 63.0 Å². The lowest BCUT2D eigenvalue weighted by Gasteiger charge is -2.28. The Morgan fingerprint density at radius 2 is 1.58 bits per heavy atom. The molecule has 2 aromatic carbocycles. The Kier molecular flexibility index (Phi) is 7.51. The Bertz CT molecular complexity index is 699. The summed E-state index contributed by atoms with van der Waals surface area (Å²) < 4.78 is 26.4. The molecule has 24 heavy (non-hydrogen) atoms. The van der Waals surface area contributed by atoms with E-state index in [0.29, 0.717) is 13.2 Å². The Morgan fingerprint density at radius 3 is 2.12 bits per heavy atom. The lowest BCUT2D eigenvalue weighted by Crippen LogP contribution is -2.15. The van der Waals surface area contributed by atoms with Gasteiger partial charge in [0.25, 0.3) is 0 Å². The highest BCUT2D eigenvalue weighted by atomic mass is 79.9. The van der Waals surface area contributed by atoms with Gasteiger partial charge < -0.3 is 14.4 Å². The average molecular weight is 477 g/mol. The van der Waals surface area contributed by atoms with Crippen molar-refractivity contribution < 1.29 is 13.6 Å². The van der Waals surface area contributed by atoms with Crippen LogP contribution in [-0.2, 0) is 13.6 Å². The van der Waals surface area contributed by atoms with Gasteiger partial charge in [0.15, 0.2) is 5.78 Å². The van der Waals surface area contributed by atoms with E-state index < -0.39 is 13.4 Å². The molecule has 0 amide bonds. The summed E-state index contributed by atoms with van der Waals surface area (Å²) >= 11 is 6.95. The molecule has 1 atom stereocenters. The number of anilines is 1. The lowest BCUT2D eigenvalue weighted by molar-refractivity contribution is 0.214. The molecule has 0 aromatic heterocycles. The molecule has 2 rings (SSSR count). The van der Waals surface area contributed by atoms with Gasteiger partial charge in [-0.1, -0.05) is 50.1 Å². The number of nitrogens with one attached hydrogen (secondary N) is 1. The van der Waals surface area contributed by atoms with Crippen LogP contribution in [0.5, 0.6) is 0 Å². The van der Waals surface area contributed by atoms with E-state index in [4.69, 9.17) is 9.05 Å². The molecular formula is C17H20Br2NO3P. The topological polar surface area (TPSA) is 47.6 Å². The normalized spacial score (nSPS) is 12.8. The van der Waals surface area contributed by atoms with E-state index in [1.54, 1.807) is 0 Å². The minimum atomic E-state index is -3.41. The van der Waals surface area contributed by atoms with Crippen LogP contribution in [0.2, 0.25) is 0 Å². The molecule has 0 bridgehead atoms. The van der Waals surface area contributed by atoms with Gasteiger partial charge in [0.05, 0.1) is 13.2 Å². The summed E-state index contributed by atoms with van der Waals surface area (Å²) in [6.45, 7) is 4.23. The summed E-state index contributed by atoms with van der Waals surface area (Å²) in [6.07, 6.45) is 0. The van der Waals surface area contributed by atoms with E-state index in [1.165, 1.54) is 0 Å². The Labute approximate surface area is 159 Å². The molecule has 0 aliphatic heterocycles. The molecule has 1 unspecified atom stereocenters. The zero-order valence-electron chi connectivity index (χ0n) is 13.5. The SMILES string of the molecule is CCOP(=O)(OCC)C(Nc1ccc(Br)cc1)c1ccccc1Br. The highest BCUT2D eigenvalue weighted by Crippen LogP contribution is 2.61. The van der Waals surface area contributed by atoms with Crippen LogP contribution in [-0.4, -0.2) is 13.2 Å². The molecule has 0 aliphatic rings. The number of hydrogen-bond acceptors (Lipinski definition) is 4. The fourth-order valence-electron chi connectivity index (χ4n) is 2.27. The van der Waals surface area contributed by atoms with Crippen molar-refractivity contribution in [1.82, 2.24) is 0 Å². The highest BCUT2D eigenvalue weighted by molar-refractivity contribution is 9.10. The molecule has 0 fully saturated rings. The monoisotopic (exact) mass is 475 g/mol. The smallest absolute Gasteiger partial charge is 0.357 e. The molecule has 4 nitrogen and oxygen atoms in total. The van der Waals surface area contributed by atoms with Crippen LogP contribution in [0.25, 0.3) is 0 Å². The zero-order chi connectivity index (χ0) is 17.6. The van der Waals surface area contributed by atoms with E-state index in [2.05, 4.69) is 37.2 Å². The predicted octanol–water partition coefficient (Wildman–Crippen LogP) is 6.59. The quantitative estimate of drug-likeness (QED) is 0.436. The van der Waals surface area contributed by atoms with Crippen LogP contribution in [0, 0.1) is 0 Å². The summed E-state index contributed by atoms with van der Waals surface area (Å²) in [7, 11) is -3.41. The van der Waals surface area contributed by atoms with Crippen molar-refractivity contribution in [2.45, 2.75) is 19.6 Å². The first-order valence-electron chi connectivity index (χ1n) is 7.65. The van der Waals surface area contributed by atoms with Gasteiger partial charge in [-0.15, -0.1) is 0 Å². The highest BCUT2D eigenvalue weighted by Gasteiger charge is 2.38. The van der Waals surface area contributed by atoms with Crippen molar-refractivity contribution in [3.8, 4) is 0 Å². The maximum absolute atomic E-state index is 13.4. The maximum atomic E-state index is 13.4. The lowest BCUT2D eigenvalue weighted by atomic mass is 10.2. The van der Waals surface area contributed by atoms with Crippen LogP contribution in [0.3, 0.4) is 0 Å². The Morgan fingerprint density at radius 1 is 1.00 bits per heavy atom. The molecule has 7 heteroatoms. The predicted molar refractivity (Wildman–Crippen MR) is 106 cm³/mol. The minimum absolute atomic E-state index is 0.306. The van der Waals surface area contributed by atoms with Gasteiger partial charge in [0, 0.05) is 20.2 Å². The number of benzene rings is 2. The first-order valence-corrected chi connectivity index (χ1v) is 10.8. The molecule has 0 aliphatic carbocycles. The van der Waals surface area contributed by atoms with Crippen LogP contribution >= 0.6 is 39.5 Å². The van der Waals surface area contributed by atoms with Crippen LogP contribution in [0.4, 0.5) is 5.69 Å². The third-order valence-electron chi connectivity index (χ3n) is 3.28. The molecule has 0 heterocycles. The number of rotatable bonds is 8. The fourth-order valence-corrected chi connectivity index (χ4v) is 5.19. The van der Waals surface area contributed by atoms with Crippen molar-refractivity contribution in [1.29, 1.82) is 0 Å². The standard InChI is InChI=1S/C17H20Br2NO3P/c1-3-22-24(21,23-4-2)17(15-7-5-6-8-16(15)19)20-14-11-9-13(18)10-12-14/h5-12,17,20H,3-4H2,1-2H3. The van der Waals surface area contributed by atoms with Gasteiger partial charge in [0.1, 0.15) is 0 Å². The van der Waals surface area contributed by atoms with Gasteiger partial charge in [-0.25, -0.2) is 0 Å². The van der Waals surface area contributed by atoms with E-state index >= 15 is 0 Å². The van der Waals surface area contributed by atoms with Crippen LogP contribution < -0.4 is 5.32 Å². The Balaban J connectivity index is 2.46. The molecule has 0 radical (unpaired) electrons. The second-order valence-electron chi connectivity index (χ2n) is 4.95. The maximum Gasteiger partial charge on any atom is 0.357 e. The molecule has 1 N–H and O–H groups in total. The van der Waals surface area contributed by atoms with E-state index in [0.717, 1.165) is 20.2 Å². The summed E-state index contributed by atoms with van der Waals surface area (Å²) in [5.74, 6) is -0.617. The number of halogens is 2. The van der Waals surface area contributed by atoms with Crippen molar-refractivity contribution in [3.63, 3.8) is 0 Å². The second kappa shape index (κ2) is 9.16. The third kappa shape index (κ3) is 4.93. The van der Waals surface area contributed by atoms with Gasteiger partial charge >= 0.3 is 7.60 Å². The van der Waals surface area contributed by atoms with Gasteiger partial charge in [-0.05, 0) is 44.2 Å². The van der Waals surface area contributed by atoms with Crippen molar-refractivity contribution in [2.75, 3.05) is 18.5 Å². The van der Waals surface area contributed by atoms with Crippen LogP contribution in [0.15, 0.2) is 57.5 Å². The molecule has 0 saturated carbocycles. The van der Waals surface area contributed by atoms with Gasteiger partial charge in [0.2, 0.25) is 0 Å². The molecule has 0 spiro atoms. The molecule has 130 valence electrons. The molecule has 0 saturated heterocycles. The Hall–Kier alpha value is -0.650. The summed E-state index contributed by atoms with van der Waals surface area (Å²) in [5, 5.41) is 3.31. The van der Waals surface area contributed by atoms with Crippen molar-refractivity contribution in [2.24, 2.45) is 0 Å². The summed E-state index contributed by atoms with van der Waals surface area (Å²) in [4.78, 5) is 0. The first kappa shape index (κ1) is 19.7. The largest absolute Gasteiger partial charge is 0.368 e. The van der Waals surface area contributed by atoms with Gasteiger partial charge in [-0.3, -0.25) is 4.57 Å². The number of hydrogen-bond donors (Lipinski definition) is 1. The molecular weight excluding hydrogens is 457 g/mol. The van der Waals surface area contributed by atoms with Crippen LogP contribution in [0.1, 0.15) is 25.2 Å². The summed E-state index contributed by atoms with van der Waals surface area (Å²) in [6, 6.07) is 15.3.